The van der Waals surface area contributed by atoms with Crippen LogP contribution in [0, 0.1) is 13.8 Å². The number of aromatic amines is 1. The molecule has 4 N–H and O–H groups in total. The van der Waals surface area contributed by atoms with E-state index in [1.165, 1.54) is 0 Å². The van der Waals surface area contributed by atoms with Crippen LogP contribution in [0.1, 0.15) is 11.4 Å². The second-order valence-electron chi connectivity index (χ2n) is 4.63. The number of aryl methyl sites for hydroxylation is 2. The summed E-state index contributed by atoms with van der Waals surface area (Å²) in [7, 11) is 0. The molecule has 1 amide bonds. The predicted molar refractivity (Wildman–Crippen MR) is 72.3 cm³/mol. The number of benzene rings is 1. The van der Waals surface area contributed by atoms with Gasteiger partial charge in [-0.15, -0.1) is 0 Å². The van der Waals surface area contributed by atoms with E-state index in [-0.39, 0.29) is 18.2 Å². The SMILES string of the molecule is Cc1n[nH]c(C)c1-c1cc2c(cc1O)NC(=O)CN2. The smallest absolute Gasteiger partial charge is 0.243 e. The molecule has 98 valence electrons. The zero-order chi connectivity index (χ0) is 13.6. The Morgan fingerprint density at radius 2 is 2.05 bits per heavy atom. The van der Waals surface area contributed by atoms with Gasteiger partial charge in [-0.05, 0) is 19.9 Å². The molecule has 0 aliphatic carbocycles. The third kappa shape index (κ3) is 1.81. The molecule has 1 aliphatic rings. The number of rotatable bonds is 1. The number of phenolic OH excluding ortho intramolecular Hbond substituents is 1. The molecule has 6 heteroatoms. The van der Waals surface area contributed by atoms with Crippen molar-refractivity contribution in [2.75, 3.05) is 17.2 Å². The van der Waals surface area contributed by atoms with Crippen molar-refractivity contribution in [3.05, 3.63) is 23.5 Å². The number of amides is 1. The number of carbonyl (C=O) groups is 1. The third-order valence-electron chi connectivity index (χ3n) is 3.25. The van der Waals surface area contributed by atoms with Crippen LogP contribution < -0.4 is 10.6 Å². The third-order valence-corrected chi connectivity index (χ3v) is 3.25. The summed E-state index contributed by atoms with van der Waals surface area (Å²) in [5.74, 6) is 0.00525. The molecule has 2 aromatic rings. The lowest BCUT2D eigenvalue weighted by atomic mass is 10.0. The number of aromatic nitrogens is 2. The van der Waals surface area contributed by atoms with Gasteiger partial charge in [-0.3, -0.25) is 9.89 Å². The monoisotopic (exact) mass is 258 g/mol. The van der Waals surface area contributed by atoms with Crippen molar-refractivity contribution in [1.29, 1.82) is 0 Å². The summed E-state index contributed by atoms with van der Waals surface area (Å²) in [5, 5.41) is 22.9. The van der Waals surface area contributed by atoms with Gasteiger partial charge in [0, 0.05) is 22.9 Å². The average Bonchev–Trinajstić information content (AvgIpc) is 2.68. The van der Waals surface area contributed by atoms with Crippen LogP contribution in [0.4, 0.5) is 11.4 Å². The van der Waals surface area contributed by atoms with Gasteiger partial charge in [0.2, 0.25) is 5.91 Å². The maximum absolute atomic E-state index is 11.3. The van der Waals surface area contributed by atoms with E-state index >= 15 is 0 Å². The van der Waals surface area contributed by atoms with Gasteiger partial charge in [-0.25, -0.2) is 0 Å². The van der Waals surface area contributed by atoms with E-state index in [0.29, 0.717) is 11.3 Å². The molecule has 0 bridgehead atoms. The van der Waals surface area contributed by atoms with Gasteiger partial charge >= 0.3 is 0 Å². The molecule has 19 heavy (non-hydrogen) atoms. The standard InChI is InChI=1S/C13H14N4O2/c1-6-13(7(2)17-16-6)8-3-9-10(4-11(8)18)15-12(19)5-14-9/h3-4,14,18H,5H2,1-2H3,(H,15,19)(H,16,17). The molecule has 1 aromatic heterocycles. The predicted octanol–water partition coefficient (Wildman–Crippen LogP) is 1.76. The van der Waals surface area contributed by atoms with Gasteiger partial charge in [0.05, 0.1) is 23.6 Å². The number of carbonyl (C=O) groups excluding carboxylic acids is 1. The number of aromatic hydroxyl groups is 1. The average molecular weight is 258 g/mol. The van der Waals surface area contributed by atoms with E-state index in [9.17, 15) is 9.90 Å². The lowest BCUT2D eigenvalue weighted by Gasteiger charge is -2.20. The van der Waals surface area contributed by atoms with Crippen molar-refractivity contribution in [2.24, 2.45) is 0 Å². The zero-order valence-corrected chi connectivity index (χ0v) is 10.7. The summed E-state index contributed by atoms with van der Waals surface area (Å²) < 4.78 is 0. The van der Waals surface area contributed by atoms with E-state index in [2.05, 4.69) is 20.8 Å². The lowest BCUT2D eigenvalue weighted by Crippen LogP contribution is -2.27. The van der Waals surface area contributed by atoms with Crippen molar-refractivity contribution >= 4 is 17.3 Å². The number of phenols is 1. The Morgan fingerprint density at radius 1 is 1.26 bits per heavy atom. The Labute approximate surface area is 109 Å². The van der Waals surface area contributed by atoms with Crippen LogP contribution in [0.3, 0.4) is 0 Å². The van der Waals surface area contributed by atoms with Crippen molar-refractivity contribution < 1.29 is 9.90 Å². The normalized spacial score (nSPS) is 13.7. The Morgan fingerprint density at radius 3 is 2.74 bits per heavy atom. The molecule has 0 saturated heterocycles. The number of H-pyrrole nitrogens is 1. The van der Waals surface area contributed by atoms with Crippen LogP contribution >= 0.6 is 0 Å². The minimum Gasteiger partial charge on any atom is -0.507 e. The van der Waals surface area contributed by atoms with E-state index < -0.39 is 0 Å². The molecular weight excluding hydrogens is 244 g/mol. The fourth-order valence-electron chi connectivity index (χ4n) is 2.36. The highest BCUT2D eigenvalue weighted by Crippen LogP contribution is 2.39. The summed E-state index contributed by atoms with van der Waals surface area (Å²) in [6.07, 6.45) is 0. The first-order chi connectivity index (χ1) is 9.06. The Balaban J connectivity index is 2.16. The second-order valence-corrected chi connectivity index (χ2v) is 4.63. The van der Waals surface area contributed by atoms with Crippen LogP contribution in [0.25, 0.3) is 11.1 Å². The van der Waals surface area contributed by atoms with Crippen LogP contribution in [-0.4, -0.2) is 27.8 Å². The summed E-state index contributed by atoms with van der Waals surface area (Å²) in [6, 6.07) is 3.38. The number of hydrogen-bond acceptors (Lipinski definition) is 4. The number of hydrogen-bond donors (Lipinski definition) is 4. The van der Waals surface area contributed by atoms with Crippen LogP contribution in [0.15, 0.2) is 12.1 Å². The molecule has 0 saturated carbocycles. The van der Waals surface area contributed by atoms with Gasteiger partial charge in [-0.1, -0.05) is 0 Å². The van der Waals surface area contributed by atoms with Gasteiger partial charge < -0.3 is 15.7 Å². The fraction of sp³-hybridized carbons (Fsp3) is 0.231. The molecule has 0 unspecified atom stereocenters. The highest BCUT2D eigenvalue weighted by Gasteiger charge is 2.20. The highest BCUT2D eigenvalue weighted by molar-refractivity contribution is 6.02. The van der Waals surface area contributed by atoms with Gasteiger partial charge in [0.25, 0.3) is 0 Å². The Hall–Kier alpha value is -2.50. The summed E-state index contributed by atoms with van der Waals surface area (Å²) in [4.78, 5) is 11.3. The number of nitrogens with zero attached hydrogens (tertiary/aromatic N) is 1. The van der Waals surface area contributed by atoms with E-state index in [1.807, 2.05) is 19.9 Å². The summed E-state index contributed by atoms with van der Waals surface area (Å²) in [6.45, 7) is 4.02. The molecular formula is C13H14N4O2. The fourth-order valence-corrected chi connectivity index (χ4v) is 2.36. The van der Waals surface area contributed by atoms with E-state index in [4.69, 9.17) is 0 Å². The highest BCUT2D eigenvalue weighted by atomic mass is 16.3. The molecule has 1 aromatic carbocycles. The zero-order valence-electron chi connectivity index (χ0n) is 10.7. The first-order valence-electron chi connectivity index (χ1n) is 5.99. The minimum atomic E-state index is -0.115. The Kier molecular flexibility index (Phi) is 2.45. The number of anilines is 2. The number of fused-ring (bicyclic) bond motifs is 1. The molecule has 3 rings (SSSR count). The van der Waals surface area contributed by atoms with Crippen molar-refractivity contribution in [3.63, 3.8) is 0 Å². The molecule has 0 fully saturated rings. The van der Waals surface area contributed by atoms with E-state index in [1.54, 1.807) is 6.07 Å². The Bertz CT molecular complexity index is 656. The van der Waals surface area contributed by atoms with Crippen LogP contribution in [-0.2, 0) is 4.79 Å². The lowest BCUT2D eigenvalue weighted by molar-refractivity contribution is -0.114. The first kappa shape index (κ1) is 11.6. The molecule has 0 atom stereocenters. The molecule has 0 radical (unpaired) electrons. The minimum absolute atomic E-state index is 0.115. The molecule has 0 spiro atoms. The van der Waals surface area contributed by atoms with Gasteiger partial charge in [-0.2, -0.15) is 5.10 Å². The van der Waals surface area contributed by atoms with Crippen molar-refractivity contribution in [2.45, 2.75) is 13.8 Å². The van der Waals surface area contributed by atoms with Crippen molar-refractivity contribution in [1.82, 2.24) is 10.2 Å². The topological polar surface area (TPSA) is 90.0 Å². The van der Waals surface area contributed by atoms with Crippen LogP contribution in [0.5, 0.6) is 5.75 Å². The second kappa shape index (κ2) is 4.01. The van der Waals surface area contributed by atoms with Crippen LogP contribution in [0.2, 0.25) is 0 Å². The molecule has 6 nitrogen and oxygen atoms in total. The first-order valence-corrected chi connectivity index (χ1v) is 5.99. The largest absolute Gasteiger partial charge is 0.507 e. The quantitative estimate of drug-likeness (QED) is 0.587. The van der Waals surface area contributed by atoms with Gasteiger partial charge in [0.15, 0.2) is 0 Å². The molecule has 2 heterocycles. The maximum atomic E-state index is 11.3. The van der Waals surface area contributed by atoms with Crippen molar-refractivity contribution in [3.8, 4) is 16.9 Å². The maximum Gasteiger partial charge on any atom is 0.243 e. The summed E-state index contributed by atoms with van der Waals surface area (Å²) >= 11 is 0. The molecule has 1 aliphatic heterocycles. The van der Waals surface area contributed by atoms with E-state index in [0.717, 1.165) is 22.6 Å². The number of nitrogens with one attached hydrogen (secondary N) is 3. The summed E-state index contributed by atoms with van der Waals surface area (Å²) in [5.41, 5.74) is 4.70. The van der Waals surface area contributed by atoms with Gasteiger partial charge in [0.1, 0.15) is 5.75 Å².